The van der Waals surface area contributed by atoms with Gasteiger partial charge in [0.15, 0.2) is 0 Å². The van der Waals surface area contributed by atoms with E-state index in [1.807, 2.05) is 24.3 Å². The highest BCUT2D eigenvalue weighted by Crippen LogP contribution is 2.27. The Kier molecular flexibility index (Phi) is 4.41. The lowest BCUT2D eigenvalue weighted by molar-refractivity contribution is -0.139. The molecule has 2 aromatic rings. The lowest BCUT2D eigenvalue weighted by atomic mass is 9.86. The van der Waals surface area contributed by atoms with E-state index in [1.54, 1.807) is 0 Å². The molecule has 3 rings (SSSR count). The Morgan fingerprint density at radius 1 is 0.917 bits per heavy atom. The second kappa shape index (κ2) is 6.36. The van der Waals surface area contributed by atoms with Crippen LogP contribution in [-0.2, 0) is 10.2 Å². The van der Waals surface area contributed by atoms with Crippen LogP contribution in [0.15, 0.2) is 48.5 Å². The number of hydrazine groups is 2. The summed E-state index contributed by atoms with van der Waals surface area (Å²) in [6.07, 6.45) is 0. The molecule has 2 atom stereocenters. The molecule has 1 aliphatic rings. The van der Waals surface area contributed by atoms with Crippen LogP contribution >= 0.6 is 0 Å². The molecular formula is C19H23N3O2. The van der Waals surface area contributed by atoms with Gasteiger partial charge in [0.1, 0.15) is 6.04 Å². The van der Waals surface area contributed by atoms with Gasteiger partial charge in [-0.1, -0.05) is 69.3 Å². The van der Waals surface area contributed by atoms with Gasteiger partial charge in [0.2, 0.25) is 0 Å². The van der Waals surface area contributed by atoms with Gasteiger partial charge in [0, 0.05) is 0 Å². The predicted molar refractivity (Wildman–Crippen MR) is 94.1 cm³/mol. The van der Waals surface area contributed by atoms with Crippen LogP contribution < -0.4 is 16.4 Å². The van der Waals surface area contributed by atoms with E-state index in [2.05, 4.69) is 61.4 Å². The molecule has 126 valence electrons. The molecule has 0 amide bonds. The maximum atomic E-state index is 11.2. The number of aliphatic carboxylic acids is 1. The number of carboxylic acids is 1. The van der Waals surface area contributed by atoms with Crippen LogP contribution in [0.1, 0.15) is 37.9 Å². The fourth-order valence-corrected chi connectivity index (χ4v) is 2.89. The number of hydrogen-bond acceptors (Lipinski definition) is 4. The second-order valence-electron chi connectivity index (χ2n) is 7.16. The van der Waals surface area contributed by atoms with Crippen LogP contribution in [-0.4, -0.2) is 17.1 Å². The molecule has 5 heteroatoms. The van der Waals surface area contributed by atoms with Crippen LogP contribution in [0.3, 0.4) is 0 Å². The molecule has 4 N–H and O–H groups in total. The smallest absolute Gasteiger partial charge is 0.324 e. The molecule has 1 heterocycles. The predicted octanol–water partition coefficient (Wildman–Crippen LogP) is 2.76. The van der Waals surface area contributed by atoms with E-state index >= 15 is 0 Å². The number of carboxylic acid groups (broad SMARTS) is 1. The Labute approximate surface area is 142 Å². The summed E-state index contributed by atoms with van der Waals surface area (Å²) < 4.78 is 0. The fraction of sp³-hybridized carbons (Fsp3) is 0.316. The van der Waals surface area contributed by atoms with Crippen molar-refractivity contribution in [2.24, 2.45) is 0 Å². The van der Waals surface area contributed by atoms with Crippen LogP contribution in [0, 0.1) is 0 Å². The quantitative estimate of drug-likeness (QED) is 0.698. The second-order valence-corrected chi connectivity index (χ2v) is 7.16. The summed E-state index contributed by atoms with van der Waals surface area (Å²) in [4.78, 5) is 11.2. The zero-order valence-electron chi connectivity index (χ0n) is 14.1. The minimum atomic E-state index is -0.889. The first-order valence-corrected chi connectivity index (χ1v) is 8.06. The first kappa shape index (κ1) is 16.6. The van der Waals surface area contributed by atoms with E-state index in [9.17, 15) is 9.90 Å². The summed E-state index contributed by atoms with van der Waals surface area (Å²) in [5, 5.41) is 9.23. The summed E-state index contributed by atoms with van der Waals surface area (Å²) in [5.41, 5.74) is 13.0. The first-order chi connectivity index (χ1) is 11.4. The molecule has 0 bridgehead atoms. The van der Waals surface area contributed by atoms with Crippen molar-refractivity contribution in [3.8, 4) is 11.1 Å². The molecule has 0 saturated carbocycles. The largest absolute Gasteiger partial charge is 0.480 e. The van der Waals surface area contributed by atoms with Gasteiger partial charge in [-0.25, -0.2) is 10.9 Å². The molecule has 0 aliphatic carbocycles. The third kappa shape index (κ3) is 3.33. The van der Waals surface area contributed by atoms with Crippen molar-refractivity contribution in [1.29, 1.82) is 0 Å². The molecule has 0 radical (unpaired) electrons. The third-order valence-corrected chi connectivity index (χ3v) is 4.41. The van der Waals surface area contributed by atoms with E-state index in [0.29, 0.717) is 0 Å². The van der Waals surface area contributed by atoms with E-state index in [0.717, 1.165) is 16.7 Å². The normalized spacial score (nSPS) is 21.0. The first-order valence-electron chi connectivity index (χ1n) is 8.06. The zero-order chi connectivity index (χ0) is 17.3. The van der Waals surface area contributed by atoms with Gasteiger partial charge >= 0.3 is 5.97 Å². The highest BCUT2D eigenvalue weighted by atomic mass is 16.4. The number of nitrogens with one attached hydrogen (secondary N) is 3. The van der Waals surface area contributed by atoms with Gasteiger partial charge in [-0.15, -0.1) is 0 Å². The van der Waals surface area contributed by atoms with Crippen LogP contribution in [0.2, 0.25) is 0 Å². The standard InChI is InChI=1S/C19H23N3O2/c1-19(2,3)15-10-8-13(9-11-15)12-4-6-14(7-5-12)16-17(18(23)24)21-22-20-16/h4-11,16-17,20-22H,1-3H3,(H,23,24). The van der Waals surface area contributed by atoms with Gasteiger partial charge in [0.05, 0.1) is 6.04 Å². The summed E-state index contributed by atoms with van der Waals surface area (Å²) in [5.74, 6) is -0.889. The van der Waals surface area contributed by atoms with E-state index in [4.69, 9.17) is 0 Å². The minimum absolute atomic E-state index is 0.141. The number of hydrogen-bond donors (Lipinski definition) is 4. The van der Waals surface area contributed by atoms with Gasteiger partial charge < -0.3 is 5.11 Å². The molecule has 0 spiro atoms. The highest BCUT2D eigenvalue weighted by molar-refractivity contribution is 5.75. The minimum Gasteiger partial charge on any atom is -0.480 e. The Morgan fingerprint density at radius 2 is 1.46 bits per heavy atom. The van der Waals surface area contributed by atoms with Gasteiger partial charge in [-0.3, -0.25) is 4.79 Å². The molecular weight excluding hydrogens is 302 g/mol. The lowest BCUT2D eigenvalue weighted by Gasteiger charge is -2.19. The maximum Gasteiger partial charge on any atom is 0.324 e. The van der Waals surface area contributed by atoms with Crippen molar-refractivity contribution in [2.45, 2.75) is 38.3 Å². The molecule has 1 saturated heterocycles. The van der Waals surface area contributed by atoms with E-state index < -0.39 is 12.0 Å². The summed E-state index contributed by atoms with van der Waals surface area (Å²) in [7, 11) is 0. The fourth-order valence-electron chi connectivity index (χ4n) is 2.89. The molecule has 1 fully saturated rings. The van der Waals surface area contributed by atoms with Crippen molar-refractivity contribution >= 4 is 5.97 Å². The topological polar surface area (TPSA) is 73.4 Å². The highest BCUT2D eigenvalue weighted by Gasteiger charge is 2.33. The average molecular weight is 325 g/mol. The Bertz CT molecular complexity index is 718. The van der Waals surface area contributed by atoms with Crippen molar-refractivity contribution in [2.75, 3.05) is 0 Å². The number of benzene rings is 2. The molecule has 2 unspecified atom stereocenters. The van der Waals surface area contributed by atoms with Crippen LogP contribution in [0.5, 0.6) is 0 Å². The molecule has 5 nitrogen and oxygen atoms in total. The lowest BCUT2D eigenvalue weighted by Crippen LogP contribution is -2.38. The van der Waals surface area contributed by atoms with E-state index in [1.165, 1.54) is 5.56 Å². The Morgan fingerprint density at radius 3 is 1.96 bits per heavy atom. The summed E-state index contributed by atoms with van der Waals surface area (Å²) in [6, 6.07) is 15.6. The Hall–Kier alpha value is -2.21. The summed E-state index contributed by atoms with van der Waals surface area (Å²) >= 11 is 0. The Balaban J connectivity index is 1.81. The van der Waals surface area contributed by atoms with Crippen molar-refractivity contribution in [3.05, 3.63) is 59.7 Å². The monoisotopic (exact) mass is 325 g/mol. The number of carbonyl (C=O) groups is 1. The molecule has 1 aliphatic heterocycles. The van der Waals surface area contributed by atoms with Crippen molar-refractivity contribution in [3.63, 3.8) is 0 Å². The van der Waals surface area contributed by atoms with Gasteiger partial charge in [0.25, 0.3) is 0 Å². The third-order valence-electron chi connectivity index (χ3n) is 4.41. The molecule has 24 heavy (non-hydrogen) atoms. The molecule has 2 aromatic carbocycles. The SMILES string of the molecule is CC(C)(C)c1ccc(-c2ccc(C3NNNC3C(=O)O)cc2)cc1. The zero-order valence-corrected chi connectivity index (χ0v) is 14.1. The van der Waals surface area contributed by atoms with Crippen LogP contribution in [0.25, 0.3) is 11.1 Å². The van der Waals surface area contributed by atoms with Crippen molar-refractivity contribution in [1.82, 2.24) is 16.4 Å². The number of rotatable bonds is 3. The van der Waals surface area contributed by atoms with Gasteiger partial charge in [-0.2, -0.15) is 5.53 Å². The molecule has 0 aromatic heterocycles. The summed E-state index contributed by atoms with van der Waals surface area (Å²) in [6.45, 7) is 6.60. The van der Waals surface area contributed by atoms with Gasteiger partial charge in [-0.05, 0) is 27.7 Å². The maximum absolute atomic E-state index is 11.2. The van der Waals surface area contributed by atoms with Crippen LogP contribution in [0.4, 0.5) is 0 Å². The van der Waals surface area contributed by atoms with Crippen molar-refractivity contribution < 1.29 is 9.90 Å². The van der Waals surface area contributed by atoms with E-state index in [-0.39, 0.29) is 11.5 Å². The average Bonchev–Trinajstić information content (AvgIpc) is 3.04.